The zero-order chi connectivity index (χ0) is 24.5. The first-order chi connectivity index (χ1) is 16.1. The highest BCUT2D eigenvalue weighted by molar-refractivity contribution is 6.00. The lowest BCUT2D eigenvalue weighted by atomic mass is 10.0. The average Bonchev–Trinajstić information content (AvgIpc) is 3.24. The van der Waals surface area contributed by atoms with E-state index in [1.165, 1.54) is 30.6 Å². The molecule has 0 spiro atoms. The number of imidazole rings is 1. The Hall–Kier alpha value is -4.14. The Morgan fingerprint density at radius 2 is 1.74 bits per heavy atom. The zero-order valence-electron chi connectivity index (χ0n) is 18.0. The third-order valence-electron chi connectivity index (χ3n) is 5.54. The van der Waals surface area contributed by atoms with Crippen LogP contribution in [0.3, 0.4) is 0 Å². The van der Waals surface area contributed by atoms with Gasteiger partial charge >= 0.3 is 12.1 Å². The summed E-state index contributed by atoms with van der Waals surface area (Å²) in [6.45, 7) is 1.77. The SMILES string of the molecule is CC(NC(=O)c1ncn2cccc(Cc3ccc(C(F)(F)F)cc3)c12)c1ccc(C(=O)O)cc1. The number of pyridine rings is 1. The lowest BCUT2D eigenvalue weighted by Crippen LogP contribution is -2.27. The Balaban J connectivity index is 1.57. The number of carbonyl (C=O) groups is 2. The van der Waals surface area contributed by atoms with Gasteiger partial charge in [-0.15, -0.1) is 0 Å². The number of halogens is 3. The van der Waals surface area contributed by atoms with E-state index in [1.807, 2.05) is 0 Å². The van der Waals surface area contributed by atoms with Gasteiger partial charge in [0, 0.05) is 6.20 Å². The van der Waals surface area contributed by atoms with Gasteiger partial charge in [-0.3, -0.25) is 4.79 Å². The topological polar surface area (TPSA) is 83.7 Å². The number of fused-ring (bicyclic) bond motifs is 1. The van der Waals surface area contributed by atoms with Crippen molar-refractivity contribution in [3.8, 4) is 0 Å². The second kappa shape index (κ2) is 9.01. The first-order valence-corrected chi connectivity index (χ1v) is 10.4. The number of carbonyl (C=O) groups excluding carboxylic acids is 1. The van der Waals surface area contributed by atoms with Gasteiger partial charge in [-0.1, -0.05) is 30.3 Å². The monoisotopic (exact) mass is 467 g/mol. The molecule has 1 unspecified atom stereocenters. The molecule has 0 saturated carbocycles. The summed E-state index contributed by atoms with van der Waals surface area (Å²) in [4.78, 5) is 28.3. The predicted octanol–water partition coefficient (Wildman–Crippen LogP) is 5.13. The second-order valence-corrected chi connectivity index (χ2v) is 7.88. The van der Waals surface area contributed by atoms with Crippen LogP contribution in [0.15, 0.2) is 73.2 Å². The molecule has 174 valence electrons. The number of alkyl halides is 3. The fourth-order valence-corrected chi connectivity index (χ4v) is 3.73. The summed E-state index contributed by atoms with van der Waals surface area (Å²) in [5, 5.41) is 11.9. The van der Waals surface area contributed by atoms with Crippen LogP contribution in [-0.2, 0) is 12.6 Å². The van der Waals surface area contributed by atoms with Crippen LogP contribution in [0.4, 0.5) is 13.2 Å². The summed E-state index contributed by atoms with van der Waals surface area (Å²) >= 11 is 0. The molecule has 0 saturated heterocycles. The summed E-state index contributed by atoms with van der Waals surface area (Å²) in [6, 6.07) is 14.3. The molecule has 0 aliphatic carbocycles. The summed E-state index contributed by atoms with van der Waals surface area (Å²) in [6.07, 6.45) is -0.837. The highest BCUT2D eigenvalue weighted by atomic mass is 19.4. The van der Waals surface area contributed by atoms with Crippen molar-refractivity contribution in [2.45, 2.75) is 25.6 Å². The van der Waals surface area contributed by atoms with Crippen LogP contribution in [0.2, 0.25) is 0 Å². The van der Waals surface area contributed by atoms with E-state index in [0.717, 1.165) is 23.3 Å². The molecule has 0 fully saturated rings. The number of nitrogens with one attached hydrogen (secondary N) is 1. The highest BCUT2D eigenvalue weighted by Gasteiger charge is 2.30. The molecular weight excluding hydrogens is 447 g/mol. The van der Waals surface area contributed by atoms with Gasteiger partial charge in [-0.05, 0) is 60.4 Å². The third kappa shape index (κ3) is 4.78. The van der Waals surface area contributed by atoms with E-state index >= 15 is 0 Å². The van der Waals surface area contributed by atoms with Crippen LogP contribution in [0, 0.1) is 0 Å². The van der Waals surface area contributed by atoms with E-state index in [2.05, 4.69) is 10.3 Å². The van der Waals surface area contributed by atoms with Crippen molar-refractivity contribution in [1.29, 1.82) is 0 Å². The van der Waals surface area contributed by atoms with Gasteiger partial charge in [0.15, 0.2) is 5.69 Å². The molecule has 2 aromatic carbocycles. The molecule has 1 amide bonds. The number of aromatic carboxylic acids is 1. The number of benzene rings is 2. The number of hydrogen-bond donors (Lipinski definition) is 2. The number of carboxylic acids is 1. The van der Waals surface area contributed by atoms with Crippen molar-refractivity contribution in [2.75, 3.05) is 0 Å². The van der Waals surface area contributed by atoms with Crippen molar-refractivity contribution in [3.63, 3.8) is 0 Å². The summed E-state index contributed by atoms with van der Waals surface area (Å²) in [5.74, 6) is -1.45. The molecule has 34 heavy (non-hydrogen) atoms. The van der Waals surface area contributed by atoms with Crippen LogP contribution >= 0.6 is 0 Å². The van der Waals surface area contributed by atoms with Gasteiger partial charge in [-0.25, -0.2) is 9.78 Å². The van der Waals surface area contributed by atoms with Crippen LogP contribution < -0.4 is 5.32 Å². The van der Waals surface area contributed by atoms with Gasteiger partial charge in [0.2, 0.25) is 0 Å². The maximum Gasteiger partial charge on any atom is 0.416 e. The molecule has 2 heterocycles. The molecule has 6 nitrogen and oxygen atoms in total. The highest BCUT2D eigenvalue weighted by Crippen LogP contribution is 2.29. The van der Waals surface area contributed by atoms with Gasteiger partial charge < -0.3 is 14.8 Å². The van der Waals surface area contributed by atoms with Gasteiger partial charge in [0.1, 0.15) is 6.33 Å². The molecular formula is C25H20F3N3O3. The van der Waals surface area contributed by atoms with Gasteiger partial charge in [-0.2, -0.15) is 13.2 Å². The quantitative estimate of drug-likeness (QED) is 0.412. The van der Waals surface area contributed by atoms with E-state index in [9.17, 15) is 22.8 Å². The molecule has 2 aromatic heterocycles. The number of aromatic nitrogens is 2. The molecule has 2 N–H and O–H groups in total. The maximum absolute atomic E-state index is 13.0. The normalized spacial score (nSPS) is 12.5. The number of carboxylic acid groups (broad SMARTS) is 1. The molecule has 9 heteroatoms. The van der Waals surface area contributed by atoms with Crippen molar-refractivity contribution in [2.24, 2.45) is 0 Å². The lowest BCUT2D eigenvalue weighted by Gasteiger charge is -2.14. The summed E-state index contributed by atoms with van der Waals surface area (Å²) in [7, 11) is 0. The average molecular weight is 467 g/mol. The molecule has 0 aliphatic heterocycles. The fraction of sp³-hybridized carbons (Fsp3) is 0.160. The lowest BCUT2D eigenvalue weighted by molar-refractivity contribution is -0.137. The van der Waals surface area contributed by atoms with Crippen LogP contribution in [0.25, 0.3) is 5.52 Å². The van der Waals surface area contributed by atoms with Crippen molar-refractivity contribution < 1.29 is 27.9 Å². The van der Waals surface area contributed by atoms with Crippen LogP contribution in [0.1, 0.15) is 56.1 Å². The Morgan fingerprint density at radius 3 is 2.35 bits per heavy atom. The smallest absolute Gasteiger partial charge is 0.416 e. The zero-order valence-corrected chi connectivity index (χ0v) is 18.0. The van der Waals surface area contributed by atoms with Gasteiger partial charge in [0.25, 0.3) is 5.91 Å². The van der Waals surface area contributed by atoms with Crippen molar-refractivity contribution in [1.82, 2.24) is 14.7 Å². The molecule has 0 aliphatic rings. The first-order valence-electron chi connectivity index (χ1n) is 10.4. The minimum Gasteiger partial charge on any atom is -0.478 e. The Labute approximate surface area is 192 Å². The minimum absolute atomic E-state index is 0.148. The first kappa shape index (κ1) is 23.0. The fourth-order valence-electron chi connectivity index (χ4n) is 3.73. The van der Waals surface area contributed by atoms with E-state index in [0.29, 0.717) is 17.5 Å². The van der Waals surface area contributed by atoms with E-state index in [-0.39, 0.29) is 11.3 Å². The van der Waals surface area contributed by atoms with Crippen LogP contribution in [0.5, 0.6) is 0 Å². The number of nitrogens with zero attached hydrogens (tertiary/aromatic N) is 2. The van der Waals surface area contributed by atoms with Crippen molar-refractivity contribution in [3.05, 3.63) is 107 Å². The van der Waals surface area contributed by atoms with Crippen molar-refractivity contribution >= 4 is 17.4 Å². The van der Waals surface area contributed by atoms with Gasteiger partial charge in [0.05, 0.1) is 22.7 Å². The number of rotatable bonds is 6. The predicted molar refractivity (Wildman–Crippen MR) is 119 cm³/mol. The third-order valence-corrected chi connectivity index (χ3v) is 5.54. The number of hydrogen-bond acceptors (Lipinski definition) is 3. The Morgan fingerprint density at radius 1 is 1.06 bits per heavy atom. The molecule has 4 rings (SSSR count). The number of amides is 1. The minimum atomic E-state index is -4.40. The largest absolute Gasteiger partial charge is 0.478 e. The molecule has 1 atom stereocenters. The molecule has 0 radical (unpaired) electrons. The maximum atomic E-state index is 13.0. The van der Waals surface area contributed by atoms with E-state index in [1.54, 1.807) is 41.8 Å². The standard InChI is InChI=1S/C25H20F3N3O3/c1-15(17-6-8-18(9-7-17)24(33)34)30-23(32)21-22-19(3-2-12-31(22)14-29-21)13-16-4-10-20(11-5-16)25(26,27)28/h2-12,14-15H,13H2,1H3,(H,30,32)(H,33,34). The molecule has 4 aromatic rings. The molecule has 0 bridgehead atoms. The summed E-state index contributed by atoms with van der Waals surface area (Å²) in [5.41, 5.74) is 2.32. The Bertz CT molecular complexity index is 1340. The summed E-state index contributed by atoms with van der Waals surface area (Å²) < 4.78 is 40.3. The second-order valence-electron chi connectivity index (χ2n) is 7.88. The van der Waals surface area contributed by atoms with Crippen LogP contribution in [-0.4, -0.2) is 26.4 Å². The van der Waals surface area contributed by atoms with E-state index in [4.69, 9.17) is 5.11 Å². The van der Waals surface area contributed by atoms with E-state index < -0.39 is 29.7 Å². The Kier molecular flexibility index (Phi) is 6.10.